The fourth-order valence-corrected chi connectivity index (χ4v) is 4.89. The van der Waals surface area contributed by atoms with Crippen molar-refractivity contribution in [3.63, 3.8) is 0 Å². The molecule has 0 aliphatic carbocycles. The van der Waals surface area contributed by atoms with Gasteiger partial charge in [0.25, 0.3) is 0 Å². The molecule has 140 valence electrons. The molecule has 1 aromatic heterocycles. The third kappa shape index (κ3) is 4.54. The standard InChI is InChI=1S/C18H15ClN2O4S2/c19-15-6-8-16(9-7-15)26(22,23)17-4-1-5-18(11-17)27(24,25)21-13-14-3-2-10-20-12-14/h1-12,21H,13H2. The Kier molecular flexibility index (Phi) is 5.61. The number of sulfonamides is 1. The second kappa shape index (κ2) is 7.77. The van der Waals surface area contributed by atoms with Crippen LogP contribution in [-0.2, 0) is 26.4 Å². The van der Waals surface area contributed by atoms with Crippen LogP contribution >= 0.6 is 11.6 Å². The molecule has 3 rings (SSSR count). The van der Waals surface area contributed by atoms with Crippen molar-refractivity contribution in [2.45, 2.75) is 21.2 Å². The molecule has 0 aliphatic rings. The van der Waals surface area contributed by atoms with Gasteiger partial charge in [-0.15, -0.1) is 0 Å². The molecule has 2 aromatic carbocycles. The van der Waals surface area contributed by atoms with Gasteiger partial charge in [-0.3, -0.25) is 4.98 Å². The number of nitrogens with one attached hydrogen (secondary N) is 1. The molecule has 1 N–H and O–H groups in total. The van der Waals surface area contributed by atoms with Crippen molar-refractivity contribution in [1.82, 2.24) is 9.71 Å². The average molecular weight is 423 g/mol. The number of nitrogens with zero attached hydrogens (tertiary/aromatic N) is 1. The molecule has 0 radical (unpaired) electrons. The molecule has 0 amide bonds. The first-order chi connectivity index (χ1) is 12.8. The van der Waals surface area contributed by atoms with Gasteiger partial charge >= 0.3 is 0 Å². The summed E-state index contributed by atoms with van der Waals surface area (Å²) in [6.07, 6.45) is 3.13. The van der Waals surface area contributed by atoms with Crippen molar-refractivity contribution in [3.8, 4) is 0 Å². The van der Waals surface area contributed by atoms with E-state index in [4.69, 9.17) is 11.6 Å². The van der Waals surface area contributed by atoms with E-state index in [0.717, 1.165) is 6.07 Å². The fraction of sp³-hybridized carbons (Fsp3) is 0.0556. The number of pyridine rings is 1. The molecule has 0 atom stereocenters. The maximum Gasteiger partial charge on any atom is 0.240 e. The van der Waals surface area contributed by atoms with E-state index in [-0.39, 0.29) is 21.2 Å². The number of hydrogen-bond donors (Lipinski definition) is 1. The number of benzene rings is 2. The summed E-state index contributed by atoms with van der Waals surface area (Å²) >= 11 is 5.79. The monoisotopic (exact) mass is 422 g/mol. The van der Waals surface area contributed by atoms with Gasteiger partial charge in [-0.1, -0.05) is 23.7 Å². The van der Waals surface area contributed by atoms with Crippen LogP contribution in [0, 0.1) is 0 Å². The van der Waals surface area contributed by atoms with E-state index in [0.29, 0.717) is 10.6 Å². The third-order valence-electron chi connectivity index (χ3n) is 3.74. The van der Waals surface area contributed by atoms with E-state index in [1.165, 1.54) is 42.5 Å². The number of sulfone groups is 1. The molecular weight excluding hydrogens is 408 g/mol. The topological polar surface area (TPSA) is 93.2 Å². The van der Waals surface area contributed by atoms with Gasteiger partial charge < -0.3 is 0 Å². The van der Waals surface area contributed by atoms with Crippen LogP contribution < -0.4 is 4.72 Å². The molecule has 0 fully saturated rings. The van der Waals surface area contributed by atoms with Gasteiger partial charge in [0.15, 0.2) is 0 Å². The zero-order valence-corrected chi connectivity index (χ0v) is 16.3. The summed E-state index contributed by atoms with van der Waals surface area (Å²) < 4.78 is 53.0. The lowest BCUT2D eigenvalue weighted by atomic mass is 10.3. The number of hydrogen-bond acceptors (Lipinski definition) is 5. The molecule has 0 bridgehead atoms. The van der Waals surface area contributed by atoms with Crippen molar-refractivity contribution in [3.05, 3.63) is 83.6 Å². The molecule has 6 nitrogen and oxygen atoms in total. The Bertz CT molecular complexity index is 1150. The van der Waals surface area contributed by atoms with Crippen molar-refractivity contribution in [1.29, 1.82) is 0 Å². The van der Waals surface area contributed by atoms with E-state index in [9.17, 15) is 16.8 Å². The third-order valence-corrected chi connectivity index (χ3v) is 7.16. The maximum atomic E-state index is 12.7. The molecular formula is C18H15ClN2O4S2. The minimum absolute atomic E-state index is 0.0322. The van der Waals surface area contributed by atoms with E-state index in [1.54, 1.807) is 24.5 Å². The van der Waals surface area contributed by atoms with Crippen molar-refractivity contribution in [2.75, 3.05) is 0 Å². The Morgan fingerprint density at radius 3 is 2.22 bits per heavy atom. The van der Waals surface area contributed by atoms with Crippen LogP contribution in [0.1, 0.15) is 5.56 Å². The van der Waals surface area contributed by atoms with Gasteiger partial charge in [-0.05, 0) is 54.1 Å². The summed E-state index contributed by atoms with van der Waals surface area (Å²) in [5.74, 6) is 0. The van der Waals surface area contributed by atoms with E-state index in [1.807, 2.05) is 0 Å². The van der Waals surface area contributed by atoms with E-state index in [2.05, 4.69) is 9.71 Å². The summed E-state index contributed by atoms with van der Waals surface area (Å²) in [4.78, 5) is 3.70. The van der Waals surface area contributed by atoms with Crippen LogP contribution in [0.15, 0.2) is 87.7 Å². The zero-order valence-electron chi connectivity index (χ0n) is 13.9. The predicted octanol–water partition coefficient (Wildman–Crippen LogP) is 3.05. The molecule has 3 aromatic rings. The fourth-order valence-electron chi connectivity index (χ4n) is 2.32. The molecule has 0 saturated carbocycles. The van der Waals surface area contributed by atoms with Gasteiger partial charge in [0.1, 0.15) is 0 Å². The van der Waals surface area contributed by atoms with Crippen LogP contribution in [0.25, 0.3) is 0 Å². The summed E-state index contributed by atoms with van der Waals surface area (Å²) in [6.45, 7) is 0.0460. The lowest BCUT2D eigenvalue weighted by molar-refractivity contribution is 0.581. The Labute approximate surface area is 162 Å². The summed E-state index contributed by atoms with van der Waals surface area (Å²) in [5.41, 5.74) is 0.686. The predicted molar refractivity (Wildman–Crippen MR) is 102 cm³/mol. The number of halogens is 1. The highest BCUT2D eigenvalue weighted by molar-refractivity contribution is 7.91. The quantitative estimate of drug-likeness (QED) is 0.659. The smallest absolute Gasteiger partial charge is 0.240 e. The second-order valence-electron chi connectivity index (χ2n) is 5.62. The van der Waals surface area contributed by atoms with Gasteiger partial charge in [0, 0.05) is 24.0 Å². The van der Waals surface area contributed by atoms with Gasteiger partial charge in [-0.25, -0.2) is 21.6 Å². The van der Waals surface area contributed by atoms with Crippen LogP contribution in [0.4, 0.5) is 0 Å². The Morgan fingerprint density at radius 2 is 1.56 bits per heavy atom. The highest BCUT2D eigenvalue weighted by Crippen LogP contribution is 2.24. The summed E-state index contributed by atoms with van der Waals surface area (Å²) in [7, 11) is -7.76. The van der Waals surface area contributed by atoms with Gasteiger partial charge in [0.2, 0.25) is 19.9 Å². The molecule has 0 spiro atoms. The molecule has 0 saturated heterocycles. The second-order valence-corrected chi connectivity index (χ2v) is 9.77. The molecule has 1 heterocycles. The Morgan fingerprint density at radius 1 is 0.852 bits per heavy atom. The lowest BCUT2D eigenvalue weighted by Gasteiger charge is -2.09. The minimum atomic E-state index is -3.89. The first kappa shape index (κ1) is 19.5. The number of aromatic nitrogens is 1. The van der Waals surface area contributed by atoms with Crippen molar-refractivity contribution < 1.29 is 16.8 Å². The Balaban J connectivity index is 1.89. The molecule has 9 heteroatoms. The van der Waals surface area contributed by atoms with Gasteiger partial charge in [0.05, 0.1) is 14.7 Å². The maximum absolute atomic E-state index is 12.7. The normalized spacial score (nSPS) is 12.0. The first-order valence-electron chi connectivity index (χ1n) is 7.78. The summed E-state index contributed by atoms with van der Waals surface area (Å²) in [6, 6.07) is 14.3. The van der Waals surface area contributed by atoms with Crippen LogP contribution in [0.5, 0.6) is 0 Å². The molecule has 27 heavy (non-hydrogen) atoms. The number of rotatable bonds is 6. The van der Waals surface area contributed by atoms with Gasteiger partial charge in [-0.2, -0.15) is 0 Å². The summed E-state index contributed by atoms with van der Waals surface area (Å²) in [5, 5.41) is 0.407. The van der Waals surface area contributed by atoms with Crippen molar-refractivity contribution in [2.24, 2.45) is 0 Å². The molecule has 0 aliphatic heterocycles. The Hall–Kier alpha value is -2.26. The van der Waals surface area contributed by atoms with E-state index >= 15 is 0 Å². The average Bonchev–Trinajstić information content (AvgIpc) is 2.68. The van der Waals surface area contributed by atoms with E-state index < -0.39 is 19.9 Å². The highest BCUT2D eigenvalue weighted by Gasteiger charge is 2.21. The zero-order chi connectivity index (χ0) is 19.5. The minimum Gasteiger partial charge on any atom is -0.264 e. The van der Waals surface area contributed by atoms with Crippen LogP contribution in [-0.4, -0.2) is 21.8 Å². The lowest BCUT2D eigenvalue weighted by Crippen LogP contribution is -2.23. The largest absolute Gasteiger partial charge is 0.264 e. The molecule has 0 unspecified atom stereocenters. The first-order valence-corrected chi connectivity index (χ1v) is 11.1. The van der Waals surface area contributed by atoms with Crippen LogP contribution in [0.2, 0.25) is 5.02 Å². The highest BCUT2D eigenvalue weighted by atomic mass is 35.5. The van der Waals surface area contributed by atoms with Crippen LogP contribution in [0.3, 0.4) is 0 Å². The van der Waals surface area contributed by atoms with Crippen molar-refractivity contribution >= 4 is 31.5 Å². The SMILES string of the molecule is O=S(=O)(NCc1cccnc1)c1cccc(S(=O)(=O)c2ccc(Cl)cc2)c1.